The van der Waals surface area contributed by atoms with E-state index in [1.54, 1.807) is 45.2 Å². The van der Waals surface area contributed by atoms with Gasteiger partial charge in [0.15, 0.2) is 17.3 Å². The Morgan fingerprint density at radius 3 is 2.26 bits per heavy atom. The molecule has 2 aromatic rings. The molecule has 0 heterocycles. The number of hydrogen-bond donors (Lipinski definition) is 2. The Morgan fingerprint density at radius 1 is 1.04 bits per heavy atom. The van der Waals surface area contributed by atoms with Gasteiger partial charge in [0.1, 0.15) is 5.75 Å². The van der Waals surface area contributed by atoms with E-state index >= 15 is 0 Å². The van der Waals surface area contributed by atoms with Gasteiger partial charge in [-0.1, -0.05) is 12.1 Å². The highest BCUT2D eigenvalue weighted by Crippen LogP contribution is 2.39. The highest BCUT2D eigenvalue weighted by atomic mass is 16.5. The monoisotopic (exact) mass is 316 g/mol. The van der Waals surface area contributed by atoms with E-state index < -0.39 is 11.5 Å². The van der Waals surface area contributed by atoms with Crippen molar-refractivity contribution in [2.24, 2.45) is 0 Å². The number of phenols is 2. The van der Waals surface area contributed by atoms with Crippen molar-refractivity contribution in [1.29, 1.82) is 0 Å². The first kappa shape index (κ1) is 16.7. The second-order valence-corrected chi connectivity index (χ2v) is 5.42. The molecule has 0 atom stereocenters. The van der Waals surface area contributed by atoms with E-state index in [4.69, 9.17) is 9.47 Å². The van der Waals surface area contributed by atoms with Gasteiger partial charge in [0.25, 0.3) is 0 Å². The van der Waals surface area contributed by atoms with Gasteiger partial charge in [0, 0.05) is 6.42 Å². The van der Waals surface area contributed by atoms with Gasteiger partial charge in [-0.25, -0.2) is 0 Å². The average Bonchev–Trinajstić information content (AvgIpc) is 2.52. The lowest BCUT2D eigenvalue weighted by Gasteiger charge is -2.13. The second-order valence-electron chi connectivity index (χ2n) is 5.42. The zero-order chi connectivity index (χ0) is 17.0. The Hall–Kier alpha value is -2.69. The van der Waals surface area contributed by atoms with Crippen LogP contribution in [0.1, 0.15) is 29.8 Å². The zero-order valence-electron chi connectivity index (χ0n) is 13.4. The largest absolute Gasteiger partial charge is 0.504 e. The summed E-state index contributed by atoms with van der Waals surface area (Å²) >= 11 is 0. The van der Waals surface area contributed by atoms with E-state index in [-0.39, 0.29) is 29.6 Å². The molecule has 2 rings (SSSR count). The lowest BCUT2D eigenvalue weighted by Crippen LogP contribution is -2.07. The predicted octanol–water partition coefficient (Wildman–Crippen LogP) is 3.32. The summed E-state index contributed by atoms with van der Waals surface area (Å²) in [6, 6.07) is 10.0. The van der Waals surface area contributed by atoms with Crippen molar-refractivity contribution in [1.82, 2.24) is 0 Å². The number of carbonyl (C=O) groups excluding carboxylic acids is 1. The Morgan fingerprint density at radius 2 is 1.70 bits per heavy atom. The molecule has 0 saturated carbocycles. The molecule has 0 amide bonds. The van der Waals surface area contributed by atoms with Crippen LogP contribution >= 0.6 is 0 Å². The van der Waals surface area contributed by atoms with Gasteiger partial charge < -0.3 is 19.7 Å². The molecule has 0 aliphatic heterocycles. The highest BCUT2D eigenvalue weighted by molar-refractivity contribution is 6.00. The minimum atomic E-state index is -0.457. The molecule has 0 spiro atoms. The van der Waals surface area contributed by atoms with Crippen molar-refractivity contribution in [2.75, 3.05) is 7.11 Å². The minimum Gasteiger partial charge on any atom is -0.504 e. The Kier molecular flexibility index (Phi) is 5.11. The summed E-state index contributed by atoms with van der Waals surface area (Å²) in [6.07, 6.45) is -0.0392. The van der Waals surface area contributed by atoms with Crippen LogP contribution in [-0.2, 0) is 6.42 Å². The van der Waals surface area contributed by atoms with Crippen molar-refractivity contribution >= 4 is 5.78 Å². The number of methoxy groups -OCH3 is 1. The number of aromatic hydroxyl groups is 2. The van der Waals surface area contributed by atoms with Crippen molar-refractivity contribution in [3.05, 3.63) is 47.5 Å². The van der Waals surface area contributed by atoms with E-state index in [9.17, 15) is 15.0 Å². The first-order valence-electron chi connectivity index (χ1n) is 7.30. The summed E-state index contributed by atoms with van der Waals surface area (Å²) in [6.45, 7) is 3.61. The van der Waals surface area contributed by atoms with Crippen LogP contribution in [0.15, 0.2) is 36.4 Å². The molecule has 5 heteroatoms. The first-order chi connectivity index (χ1) is 10.9. The number of Topliss-reactive ketones (excluding diaryl/α,β-unsaturated/α-hetero) is 1. The van der Waals surface area contributed by atoms with Crippen LogP contribution in [0.4, 0.5) is 0 Å². The summed E-state index contributed by atoms with van der Waals surface area (Å²) in [5.74, 6) is -0.310. The molecule has 0 bridgehead atoms. The van der Waals surface area contributed by atoms with Gasteiger partial charge in [-0.2, -0.15) is 0 Å². The molecular weight excluding hydrogens is 296 g/mol. The van der Waals surface area contributed by atoms with Crippen molar-refractivity contribution < 1.29 is 24.5 Å². The zero-order valence-corrected chi connectivity index (χ0v) is 13.4. The molecule has 0 aliphatic rings. The number of hydrogen-bond acceptors (Lipinski definition) is 5. The summed E-state index contributed by atoms with van der Waals surface area (Å²) in [4.78, 5) is 12.3. The Labute approximate surface area is 135 Å². The lowest BCUT2D eigenvalue weighted by molar-refractivity contribution is 0.0989. The lowest BCUT2D eigenvalue weighted by atomic mass is 10.0. The van der Waals surface area contributed by atoms with Crippen LogP contribution in [0, 0.1) is 0 Å². The standard InChI is InChI=1S/C18H20O5/c1-11(2)23-16-9-8-14(17(20)18(16)21)15(19)10-12-4-6-13(22-3)7-5-12/h4-9,11,20-21H,10H2,1-3H3. The van der Waals surface area contributed by atoms with E-state index in [0.717, 1.165) is 5.56 Å². The second kappa shape index (κ2) is 7.05. The van der Waals surface area contributed by atoms with Crippen molar-refractivity contribution in [3.8, 4) is 23.0 Å². The number of benzene rings is 2. The normalized spacial score (nSPS) is 10.6. The van der Waals surface area contributed by atoms with Crippen LogP contribution < -0.4 is 9.47 Å². The summed E-state index contributed by atoms with van der Waals surface area (Å²) in [5.41, 5.74) is 0.853. The van der Waals surface area contributed by atoms with Crippen molar-refractivity contribution in [2.45, 2.75) is 26.4 Å². The van der Waals surface area contributed by atoms with Crippen LogP contribution in [-0.4, -0.2) is 29.2 Å². The third-order valence-corrected chi connectivity index (χ3v) is 3.30. The molecule has 122 valence electrons. The minimum absolute atomic E-state index is 0.0643. The molecule has 5 nitrogen and oxygen atoms in total. The molecular formula is C18H20O5. The number of ketones is 1. The number of rotatable bonds is 6. The van der Waals surface area contributed by atoms with Crippen LogP contribution in [0.5, 0.6) is 23.0 Å². The summed E-state index contributed by atoms with van der Waals surface area (Å²) in [7, 11) is 1.57. The fourth-order valence-corrected chi connectivity index (χ4v) is 2.16. The number of ether oxygens (including phenoxy) is 2. The fourth-order valence-electron chi connectivity index (χ4n) is 2.16. The first-order valence-corrected chi connectivity index (χ1v) is 7.30. The maximum Gasteiger partial charge on any atom is 0.201 e. The molecule has 0 aliphatic carbocycles. The van der Waals surface area contributed by atoms with Gasteiger partial charge in [-0.05, 0) is 43.7 Å². The quantitative estimate of drug-likeness (QED) is 0.631. The Balaban J connectivity index is 2.20. The van der Waals surface area contributed by atoms with E-state index in [0.29, 0.717) is 5.75 Å². The van der Waals surface area contributed by atoms with E-state index in [1.165, 1.54) is 12.1 Å². The van der Waals surface area contributed by atoms with Gasteiger partial charge in [0.05, 0.1) is 18.8 Å². The smallest absolute Gasteiger partial charge is 0.201 e. The van der Waals surface area contributed by atoms with Crippen molar-refractivity contribution in [3.63, 3.8) is 0 Å². The predicted molar refractivity (Wildman–Crippen MR) is 86.6 cm³/mol. The van der Waals surface area contributed by atoms with E-state index in [2.05, 4.69) is 0 Å². The van der Waals surface area contributed by atoms with Gasteiger partial charge in [-0.15, -0.1) is 0 Å². The summed E-state index contributed by atoms with van der Waals surface area (Å²) < 4.78 is 10.4. The molecule has 0 fully saturated rings. The summed E-state index contributed by atoms with van der Waals surface area (Å²) in [5, 5.41) is 20.0. The third kappa shape index (κ3) is 3.94. The maximum atomic E-state index is 12.3. The van der Waals surface area contributed by atoms with Crippen LogP contribution in [0.2, 0.25) is 0 Å². The SMILES string of the molecule is COc1ccc(CC(=O)c2ccc(OC(C)C)c(O)c2O)cc1. The fraction of sp³-hybridized carbons (Fsp3) is 0.278. The molecule has 23 heavy (non-hydrogen) atoms. The van der Waals surface area contributed by atoms with Crippen LogP contribution in [0.3, 0.4) is 0 Å². The molecule has 0 saturated heterocycles. The topological polar surface area (TPSA) is 76.0 Å². The number of phenolic OH excluding ortho intramolecular Hbond substituents is 2. The molecule has 0 radical (unpaired) electrons. The molecule has 0 aromatic heterocycles. The Bertz CT molecular complexity index is 689. The molecule has 2 N–H and O–H groups in total. The molecule has 0 unspecified atom stereocenters. The highest BCUT2D eigenvalue weighted by Gasteiger charge is 2.19. The maximum absolute atomic E-state index is 12.3. The van der Waals surface area contributed by atoms with Gasteiger partial charge in [0.2, 0.25) is 5.75 Å². The average molecular weight is 316 g/mol. The third-order valence-electron chi connectivity index (χ3n) is 3.30. The van der Waals surface area contributed by atoms with Gasteiger partial charge >= 0.3 is 0 Å². The number of carbonyl (C=O) groups is 1. The van der Waals surface area contributed by atoms with E-state index in [1.807, 2.05) is 0 Å². The van der Waals surface area contributed by atoms with Gasteiger partial charge in [-0.3, -0.25) is 4.79 Å². The van der Waals surface area contributed by atoms with Crippen LogP contribution in [0.25, 0.3) is 0 Å². The molecule has 2 aromatic carbocycles.